The molecule has 0 aliphatic heterocycles. The Morgan fingerprint density at radius 2 is 2.20 bits per heavy atom. The predicted molar refractivity (Wildman–Crippen MR) is 91.2 cm³/mol. The van der Waals surface area contributed by atoms with Gasteiger partial charge in [0.05, 0.1) is 18.4 Å². The molecular formula is C17H21ClN2O5. The van der Waals surface area contributed by atoms with Crippen molar-refractivity contribution in [3.8, 4) is 0 Å². The molecular weight excluding hydrogens is 348 g/mol. The zero-order valence-electron chi connectivity index (χ0n) is 13.9. The summed E-state index contributed by atoms with van der Waals surface area (Å²) in [6.45, 7) is 2.55. The van der Waals surface area contributed by atoms with E-state index in [2.05, 4.69) is 4.98 Å². The SMILES string of the molecule is Cc1c(C(=O)OCCCCN)oc2c1C(=O)CC(c1ncco1)C2.Cl. The lowest BCUT2D eigenvalue weighted by Gasteiger charge is -2.17. The number of ether oxygens (including phenoxy) is 1. The first-order valence-electron chi connectivity index (χ1n) is 8.03. The highest BCUT2D eigenvalue weighted by molar-refractivity contribution is 6.02. The summed E-state index contributed by atoms with van der Waals surface area (Å²) in [5.41, 5.74) is 6.44. The summed E-state index contributed by atoms with van der Waals surface area (Å²) in [7, 11) is 0. The van der Waals surface area contributed by atoms with Gasteiger partial charge in [-0.3, -0.25) is 4.79 Å². The molecule has 2 N–H and O–H groups in total. The van der Waals surface area contributed by atoms with Crippen LogP contribution in [0.15, 0.2) is 21.3 Å². The number of nitrogens with zero attached hydrogens (tertiary/aromatic N) is 1. The van der Waals surface area contributed by atoms with Gasteiger partial charge in [0.2, 0.25) is 5.76 Å². The second kappa shape index (κ2) is 8.31. The summed E-state index contributed by atoms with van der Waals surface area (Å²) in [4.78, 5) is 28.7. The lowest BCUT2D eigenvalue weighted by molar-refractivity contribution is 0.0459. The maximum absolute atomic E-state index is 12.5. The molecule has 0 aromatic carbocycles. The van der Waals surface area contributed by atoms with Crippen molar-refractivity contribution < 1.29 is 23.2 Å². The van der Waals surface area contributed by atoms with Gasteiger partial charge in [0.15, 0.2) is 11.7 Å². The van der Waals surface area contributed by atoms with Crippen molar-refractivity contribution in [1.29, 1.82) is 0 Å². The lowest BCUT2D eigenvalue weighted by Crippen LogP contribution is -2.18. The van der Waals surface area contributed by atoms with Crippen LogP contribution in [0.1, 0.15) is 63.3 Å². The average Bonchev–Trinajstić information content (AvgIpc) is 3.20. The Kier molecular flexibility index (Phi) is 6.39. The van der Waals surface area contributed by atoms with Crippen LogP contribution in [-0.2, 0) is 11.2 Å². The Labute approximate surface area is 151 Å². The molecule has 0 amide bonds. The van der Waals surface area contributed by atoms with Crippen molar-refractivity contribution in [2.24, 2.45) is 5.73 Å². The number of oxazole rings is 1. The fourth-order valence-corrected chi connectivity index (χ4v) is 2.99. The number of fused-ring (bicyclic) bond motifs is 1. The van der Waals surface area contributed by atoms with E-state index in [0.29, 0.717) is 48.6 Å². The zero-order valence-corrected chi connectivity index (χ0v) is 14.8. The molecule has 1 atom stereocenters. The standard InChI is InChI=1S/C17H20N2O5.ClH/c1-10-14-12(20)8-11(16-19-5-7-22-16)9-13(14)24-15(10)17(21)23-6-3-2-4-18;/h5,7,11H,2-4,6,8-9,18H2,1H3;1H. The summed E-state index contributed by atoms with van der Waals surface area (Å²) >= 11 is 0. The van der Waals surface area contributed by atoms with Gasteiger partial charge < -0.3 is 19.3 Å². The van der Waals surface area contributed by atoms with Crippen molar-refractivity contribution in [2.75, 3.05) is 13.2 Å². The molecule has 0 spiro atoms. The van der Waals surface area contributed by atoms with E-state index in [1.54, 1.807) is 13.1 Å². The van der Waals surface area contributed by atoms with Gasteiger partial charge in [0, 0.05) is 24.3 Å². The molecule has 3 rings (SSSR count). The van der Waals surface area contributed by atoms with Gasteiger partial charge in [-0.25, -0.2) is 9.78 Å². The number of Topliss-reactive ketones (excluding diaryl/α,β-unsaturated/α-hetero) is 1. The van der Waals surface area contributed by atoms with Gasteiger partial charge in [-0.2, -0.15) is 0 Å². The molecule has 136 valence electrons. The number of ketones is 1. The molecule has 0 saturated carbocycles. The smallest absolute Gasteiger partial charge is 0.374 e. The number of hydrogen-bond acceptors (Lipinski definition) is 7. The molecule has 2 aromatic heterocycles. The van der Waals surface area contributed by atoms with Gasteiger partial charge >= 0.3 is 5.97 Å². The maximum Gasteiger partial charge on any atom is 0.374 e. The van der Waals surface area contributed by atoms with E-state index in [1.165, 1.54) is 6.26 Å². The minimum Gasteiger partial charge on any atom is -0.460 e. The van der Waals surface area contributed by atoms with Crippen LogP contribution in [0.3, 0.4) is 0 Å². The summed E-state index contributed by atoms with van der Waals surface area (Å²) in [5.74, 6) is 0.338. The van der Waals surface area contributed by atoms with Gasteiger partial charge in [-0.15, -0.1) is 12.4 Å². The molecule has 2 heterocycles. The molecule has 1 unspecified atom stereocenters. The van der Waals surface area contributed by atoms with Gasteiger partial charge in [-0.05, 0) is 26.3 Å². The number of nitrogens with two attached hydrogens (primary N) is 1. The van der Waals surface area contributed by atoms with Crippen molar-refractivity contribution >= 4 is 24.2 Å². The minimum absolute atomic E-state index is 0. The Balaban J connectivity index is 0.00000225. The Morgan fingerprint density at radius 3 is 2.88 bits per heavy atom. The van der Waals surface area contributed by atoms with Crippen LogP contribution in [-0.4, -0.2) is 29.9 Å². The van der Waals surface area contributed by atoms with Crippen LogP contribution < -0.4 is 5.73 Å². The fraction of sp³-hybridized carbons (Fsp3) is 0.471. The van der Waals surface area contributed by atoms with Gasteiger partial charge in [0.1, 0.15) is 12.0 Å². The highest BCUT2D eigenvalue weighted by Gasteiger charge is 2.35. The summed E-state index contributed by atoms with van der Waals surface area (Å²) < 4.78 is 16.1. The molecule has 0 fully saturated rings. The molecule has 25 heavy (non-hydrogen) atoms. The van der Waals surface area contributed by atoms with E-state index >= 15 is 0 Å². The molecule has 0 radical (unpaired) electrons. The first-order valence-corrected chi connectivity index (χ1v) is 8.03. The molecule has 7 nitrogen and oxygen atoms in total. The Hall–Kier alpha value is -2.12. The number of hydrogen-bond donors (Lipinski definition) is 1. The minimum atomic E-state index is -0.542. The van der Waals surface area contributed by atoms with Crippen LogP contribution in [0.25, 0.3) is 0 Å². The van der Waals surface area contributed by atoms with Crippen LogP contribution >= 0.6 is 12.4 Å². The van der Waals surface area contributed by atoms with Crippen LogP contribution in [0.4, 0.5) is 0 Å². The summed E-state index contributed by atoms with van der Waals surface area (Å²) in [5, 5.41) is 0. The van der Waals surface area contributed by atoms with Crippen molar-refractivity contribution in [1.82, 2.24) is 4.98 Å². The Morgan fingerprint density at radius 1 is 1.40 bits per heavy atom. The largest absolute Gasteiger partial charge is 0.460 e. The normalized spacial score (nSPS) is 16.2. The van der Waals surface area contributed by atoms with E-state index in [9.17, 15) is 9.59 Å². The van der Waals surface area contributed by atoms with Crippen molar-refractivity contribution in [3.63, 3.8) is 0 Å². The third-order valence-electron chi connectivity index (χ3n) is 4.18. The van der Waals surface area contributed by atoms with Crippen LogP contribution in [0.5, 0.6) is 0 Å². The first kappa shape index (κ1) is 19.2. The summed E-state index contributed by atoms with van der Waals surface area (Å²) in [6, 6.07) is 0. The number of carbonyl (C=O) groups is 2. The number of aromatic nitrogens is 1. The average molecular weight is 369 g/mol. The number of esters is 1. The zero-order chi connectivity index (χ0) is 17.1. The van der Waals surface area contributed by atoms with E-state index in [4.69, 9.17) is 19.3 Å². The van der Waals surface area contributed by atoms with E-state index in [0.717, 1.165) is 6.42 Å². The molecule has 1 aliphatic carbocycles. The lowest BCUT2D eigenvalue weighted by atomic mass is 9.85. The number of carbonyl (C=O) groups excluding carboxylic acids is 2. The maximum atomic E-state index is 12.5. The van der Waals surface area contributed by atoms with Crippen molar-refractivity contribution in [2.45, 2.75) is 38.5 Å². The van der Waals surface area contributed by atoms with E-state index in [-0.39, 0.29) is 36.5 Å². The number of rotatable bonds is 6. The highest BCUT2D eigenvalue weighted by atomic mass is 35.5. The second-order valence-electron chi connectivity index (χ2n) is 5.88. The molecule has 8 heteroatoms. The number of unbranched alkanes of at least 4 members (excludes halogenated alkanes) is 1. The molecule has 0 bridgehead atoms. The van der Waals surface area contributed by atoms with Crippen LogP contribution in [0, 0.1) is 6.92 Å². The molecule has 1 aliphatic rings. The number of halogens is 1. The monoisotopic (exact) mass is 368 g/mol. The highest BCUT2D eigenvalue weighted by Crippen LogP contribution is 2.36. The van der Waals surface area contributed by atoms with E-state index in [1.807, 2.05) is 0 Å². The topological polar surface area (TPSA) is 109 Å². The van der Waals surface area contributed by atoms with Crippen LogP contribution in [0.2, 0.25) is 0 Å². The molecule has 0 saturated heterocycles. The van der Waals surface area contributed by atoms with E-state index < -0.39 is 5.97 Å². The first-order chi connectivity index (χ1) is 11.6. The summed E-state index contributed by atoms with van der Waals surface area (Å²) in [6.07, 6.45) is 5.28. The van der Waals surface area contributed by atoms with Crippen molar-refractivity contribution in [3.05, 3.63) is 41.0 Å². The fourth-order valence-electron chi connectivity index (χ4n) is 2.99. The third kappa shape index (κ3) is 3.93. The Bertz CT molecular complexity index is 739. The quantitative estimate of drug-likeness (QED) is 0.616. The van der Waals surface area contributed by atoms with Gasteiger partial charge in [-0.1, -0.05) is 0 Å². The third-order valence-corrected chi connectivity index (χ3v) is 4.18. The second-order valence-corrected chi connectivity index (χ2v) is 5.88. The molecule has 2 aromatic rings. The number of furan rings is 1. The predicted octanol–water partition coefficient (Wildman–Crippen LogP) is 2.81. The van der Waals surface area contributed by atoms with Gasteiger partial charge in [0.25, 0.3) is 0 Å².